The van der Waals surface area contributed by atoms with Crippen LogP contribution in [0.25, 0.3) is 0 Å². The summed E-state index contributed by atoms with van der Waals surface area (Å²) in [4.78, 5) is 12.8. The van der Waals surface area contributed by atoms with Gasteiger partial charge in [0, 0.05) is 0 Å². The summed E-state index contributed by atoms with van der Waals surface area (Å²) in [7, 11) is 12.9. The second-order valence-corrected chi connectivity index (χ2v) is 8.18. The standard InChI is InChI=1S/C18H14B3NO5S/c1-11-6-5-9-13(10-11)17(19)15(23)14(16(22)26-17)27-28(24,25)18(20,21)12-7-3-2-4-8-12/h2-10H,22H2,1H3. The van der Waals surface area contributed by atoms with Crippen molar-refractivity contribution < 1.29 is 22.1 Å². The summed E-state index contributed by atoms with van der Waals surface area (Å²) in [6, 6.07) is 14.2. The lowest BCUT2D eigenvalue weighted by atomic mass is 9.65. The van der Waals surface area contributed by atoms with Gasteiger partial charge >= 0.3 is 10.1 Å². The lowest BCUT2D eigenvalue weighted by Gasteiger charge is -2.26. The Kier molecular flexibility index (Phi) is 4.87. The van der Waals surface area contributed by atoms with Gasteiger partial charge < -0.3 is 14.7 Å². The molecule has 0 aromatic heterocycles. The number of hydrogen-bond acceptors (Lipinski definition) is 6. The van der Waals surface area contributed by atoms with E-state index in [0.29, 0.717) is 0 Å². The monoisotopic (exact) mass is 389 g/mol. The molecule has 136 valence electrons. The summed E-state index contributed by atoms with van der Waals surface area (Å²) in [5.74, 6) is -2.33. The van der Waals surface area contributed by atoms with Crippen LogP contribution in [0.4, 0.5) is 0 Å². The molecule has 0 bridgehead atoms. The third-order valence-corrected chi connectivity index (χ3v) is 5.77. The van der Waals surface area contributed by atoms with Gasteiger partial charge in [-0.25, -0.2) is 0 Å². The molecule has 3 rings (SSSR count). The lowest BCUT2D eigenvalue weighted by molar-refractivity contribution is -0.126. The highest BCUT2D eigenvalue weighted by Gasteiger charge is 2.50. The van der Waals surface area contributed by atoms with E-state index >= 15 is 0 Å². The average Bonchev–Trinajstić information content (AvgIpc) is 2.86. The van der Waals surface area contributed by atoms with Crippen LogP contribution < -0.4 is 5.73 Å². The molecule has 0 aliphatic carbocycles. The lowest BCUT2D eigenvalue weighted by Crippen LogP contribution is -2.40. The number of nitrogens with two attached hydrogens (primary N) is 1. The molecule has 0 saturated carbocycles. The van der Waals surface area contributed by atoms with Gasteiger partial charge in [-0.05, 0) is 18.1 Å². The van der Waals surface area contributed by atoms with Crippen molar-refractivity contribution in [2.45, 2.75) is 17.0 Å². The maximum Gasteiger partial charge on any atom is 0.302 e. The van der Waals surface area contributed by atoms with Crippen molar-refractivity contribution in [3.8, 4) is 0 Å². The second-order valence-electron chi connectivity index (χ2n) is 6.43. The van der Waals surface area contributed by atoms with Gasteiger partial charge in [-0.2, -0.15) is 8.42 Å². The van der Waals surface area contributed by atoms with Crippen LogP contribution in [-0.2, 0) is 33.9 Å². The summed E-state index contributed by atoms with van der Waals surface area (Å²) < 4.78 is 33.1. The molecule has 2 N–H and O–H groups in total. The van der Waals surface area contributed by atoms with Crippen LogP contribution in [0.15, 0.2) is 66.2 Å². The van der Waals surface area contributed by atoms with Gasteiger partial charge in [-0.1, -0.05) is 60.2 Å². The maximum absolute atomic E-state index is 12.8. The SMILES string of the molecule is [B]C1(c2cccc(C)c2)OC(N)=C(OS(=O)(=O)C([B])([B])c2ccccc2)C1=O. The molecule has 1 atom stereocenters. The quantitative estimate of drug-likeness (QED) is 0.593. The second kappa shape index (κ2) is 6.77. The molecule has 2 aromatic rings. The minimum absolute atomic E-state index is 0.0539. The number of carbonyl (C=O) groups is 1. The van der Waals surface area contributed by atoms with E-state index in [-0.39, 0.29) is 11.1 Å². The fourth-order valence-corrected chi connectivity index (χ4v) is 3.65. The van der Waals surface area contributed by atoms with E-state index in [1.54, 1.807) is 49.4 Å². The summed E-state index contributed by atoms with van der Waals surface area (Å²) in [5, 5.41) is 0. The van der Waals surface area contributed by atoms with Crippen LogP contribution >= 0.6 is 0 Å². The van der Waals surface area contributed by atoms with Gasteiger partial charge in [-0.15, -0.1) is 0 Å². The summed E-state index contributed by atoms with van der Waals surface area (Å²) >= 11 is 0. The summed E-state index contributed by atoms with van der Waals surface area (Å²) in [6.07, 6.45) is 0. The third-order valence-electron chi connectivity index (χ3n) is 4.32. The van der Waals surface area contributed by atoms with Crippen LogP contribution in [0, 0.1) is 6.92 Å². The Labute approximate surface area is 167 Å². The molecule has 1 unspecified atom stereocenters. The number of carbonyl (C=O) groups excluding carboxylic acids is 1. The highest BCUT2D eigenvalue weighted by atomic mass is 32.2. The predicted molar refractivity (Wildman–Crippen MR) is 106 cm³/mol. The van der Waals surface area contributed by atoms with Crippen molar-refractivity contribution in [3.05, 3.63) is 82.9 Å². The van der Waals surface area contributed by atoms with Crippen LogP contribution in [0.1, 0.15) is 16.7 Å². The molecule has 6 radical (unpaired) electrons. The largest absolute Gasteiger partial charge is 0.467 e. The Hall–Kier alpha value is -2.61. The van der Waals surface area contributed by atoms with E-state index in [4.69, 9.17) is 38.2 Å². The fourth-order valence-electron chi connectivity index (χ4n) is 2.71. The molecule has 0 amide bonds. The first-order valence-corrected chi connectivity index (χ1v) is 9.57. The normalized spacial score (nSPS) is 20.1. The molecule has 1 heterocycles. The number of hydrogen-bond donors (Lipinski definition) is 1. The van der Waals surface area contributed by atoms with Crippen molar-refractivity contribution in [1.29, 1.82) is 0 Å². The highest BCUT2D eigenvalue weighted by molar-refractivity contribution is 7.90. The smallest absolute Gasteiger partial charge is 0.302 e. The molecule has 0 spiro atoms. The first-order chi connectivity index (χ1) is 13.0. The Morgan fingerprint density at radius 3 is 2.36 bits per heavy atom. The number of ether oxygens (including phenoxy) is 1. The van der Waals surface area contributed by atoms with E-state index in [0.717, 1.165) is 5.56 Å². The number of rotatable bonds is 5. The van der Waals surface area contributed by atoms with E-state index in [1.807, 2.05) is 0 Å². The summed E-state index contributed by atoms with van der Waals surface area (Å²) in [5.41, 5.74) is 4.82. The highest BCUT2D eigenvalue weighted by Crippen LogP contribution is 2.38. The molecule has 2 aromatic carbocycles. The molecule has 28 heavy (non-hydrogen) atoms. The predicted octanol–water partition coefficient (Wildman–Crippen LogP) is 0.537. The van der Waals surface area contributed by atoms with Crippen molar-refractivity contribution in [2.75, 3.05) is 0 Å². The fraction of sp³-hybridized carbons (Fsp3) is 0.167. The first kappa shape index (κ1) is 20.1. The average molecular weight is 389 g/mol. The van der Waals surface area contributed by atoms with Gasteiger partial charge in [-0.3, -0.25) is 4.79 Å². The number of ketones is 1. The molecule has 1 aliphatic rings. The van der Waals surface area contributed by atoms with E-state index in [9.17, 15) is 13.2 Å². The molecular weight excluding hydrogens is 375 g/mol. The summed E-state index contributed by atoms with van der Waals surface area (Å²) in [6.45, 7) is 1.79. The van der Waals surface area contributed by atoms with Crippen molar-refractivity contribution in [3.63, 3.8) is 0 Å². The molecule has 0 fully saturated rings. The van der Waals surface area contributed by atoms with Gasteiger partial charge in [0.15, 0.2) is 5.50 Å². The number of benzene rings is 2. The van der Waals surface area contributed by atoms with Gasteiger partial charge in [0.25, 0.3) is 0 Å². The number of Topliss-reactive ketones (excluding diaryl/α,β-unsaturated/α-hetero) is 1. The maximum atomic E-state index is 12.8. The number of aryl methyl sites for hydroxylation is 1. The Bertz CT molecular complexity index is 1070. The Morgan fingerprint density at radius 2 is 1.75 bits per heavy atom. The molecule has 1 aliphatic heterocycles. The first-order valence-electron chi connectivity index (χ1n) is 8.16. The van der Waals surface area contributed by atoms with Crippen molar-refractivity contribution in [2.24, 2.45) is 5.73 Å². The van der Waals surface area contributed by atoms with Gasteiger partial charge in [0.2, 0.25) is 17.4 Å². The Morgan fingerprint density at radius 1 is 1.11 bits per heavy atom. The molecule has 0 saturated heterocycles. The van der Waals surface area contributed by atoms with Crippen molar-refractivity contribution in [1.82, 2.24) is 0 Å². The topological polar surface area (TPSA) is 95.7 Å². The minimum atomic E-state index is -4.74. The van der Waals surface area contributed by atoms with Crippen LogP contribution in [0.2, 0.25) is 0 Å². The molecule has 10 heteroatoms. The Balaban J connectivity index is 1.94. The zero-order valence-electron chi connectivity index (χ0n) is 15.0. The van der Waals surface area contributed by atoms with E-state index < -0.39 is 37.6 Å². The van der Waals surface area contributed by atoms with Crippen LogP contribution in [0.5, 0.6) is 0 Å². The molecular formula is C18H14B3NO5S. The van der Waals surface area contributed by atoms with Crippen LogP contribution in [0.3, 0.4) is 0 Å². The van der Waals surface area contributed by atoms with Crippen LogP contribution in [-0.4, -0.2) is 37.7 Å². The van der Waals surface area contributed by atoms with Gasteiger partial charge in [0.05, 0.1) is 20.2 Å². The van der Waals surface area contributed by atoms with Gasteiger partial charge in [0.1, 0.15) is 7.85 Å². The third kappa shape index (κ3) is 3.22. The van der Waals surface area contributed by atoms with E-state index in [1.165, 1.54) is 12.1 Å². The zero-order valence-corrected chi connectivity index (χ0v) is 15.8. The zero-order chi connectivity index (χ0) is 20.7. The molecule has 6 nitrogen and oxygen atoms in total. The van der Waals surface area contributed by atoms with E-state index in [2.05, 4.69) is 0 Å². The minimum Gasteiger partial charge on any atom is -0.467 e. The van der Waals surface area contributed by atoms with Crippen molar-refractivity contribution >= 4 is 39.4 Å².